The molecule has 88 valence electrons. The monoisotopic (exact) mass is 229 g/mol. The van der Waals surface area contributed by atoms with Crippen LogP contribution >= 0.6 is 0 Å². The van der Waals surface area contributed by atoms with Crippen molar-refractivity contribution < 1.29 is 0 Å². The minimum absolute atomic E-state index is 0.00539. The van der Waals surface area contributed by atoms with Gasteiger partial charge in [0, 0.05) is 20.5 Å². The Morgan fingerprint density at radius 1 is 1.24 bits per heavy atom. The molecule has 0 fully saturated rings. The van der Waals surface area contributed by atoms with E-state index in [-0.39, 0.29) is 5.69 Å². The van der Waals surface area contributed by atoms with E-state index in [1.807, 2.05) is 18.2 Å². The third-order valence-electron chi connectivity index (χ3n) is 3.09. The van der Waals surface area contributed by atoms with Crippen molar-refractivity contribution >= 4 is 11.0 Å². The molecule has 0 bridgehead atoms. The quantitative estimate of drug-likeness (QED) is 0.752. The lowest BCUT2D eigenvalue weighted by molar-refractivity contribution is 0.795. The fourth-order valence-electron chi connectivity index (χ4n) is 2.08. The lowest BCUT2D eigenvalue weighted by Gasteiger charge is -2.01. The smallest absolute Gasteiger partial charge is 0.295 e. The van der Waals surface area contributed by atoms with Crippen LogP contribution in [0.3, 0.4) is 0 Å². The summed E-state index contributed by atoms with van der Waals surface area (Å²) >= 11 is 0. The average Bonchev–Trinajstić information content (AvgIpc) is 2.55. The molecule has 0 spiro atoms. The molecule has 1 aromatic heterocycles. The fourth-order valence-corrected chi connectivity index (χ4v) is 2.08. The van der Waals surface area contributed by atoms with E-state index >= 15 is 0 Å². The van der Waals surface area contributed by atoms with Gasteiger partial charge in [0.2, 0.25) is 0 Å². The predicted molar refractivity (Wildman–Crippen MR) is 66.7 cm³/mol. The van der Waals surface area contributed by atoms with E-state index in [0.29, 0.717) is 6.42 Å². The number of hydrogen-bond acceptors (Lipinski definition) is 2. The molecular weight excluding hydrogens is 214 g/mol. The SMILES string of the molecule is Cn1c(=O)n(C)c2cc(CCCC#N)ccc21. The summed E-state index contributed by atoms with van der Waals surface area (Å²) in [5.41, 5.74) is 3.07. The molecule has 2 aromatic rings. The van der Waals surface area contributed by atoms with Gasteiger partial charge in [0.15, 0.2) is 0 Å². The zero-order valence-electron chi connectivity index (χ0n) is 10.1. The average molecular weight is 229 g/mol. The Balaban J connectivity index is 2.41. The highest BCUT2D eigenvalue weighted by Crippen LogP contribution is 2.15. The molecule has 4 heteroatoms. The first-order chi connectivity index (χ1) is 8.15. The van der Waals surface area contributed by atoms with Crippen LogP contribution in [0.25, 0.3) is 11.0 Å². The van der Waals surface area contributed by atoms with E-state index in [9.17, 15) is 4.79 Å². The minimum atomic E-state index is -0.00539. The number of nitrogens with zero attached hydrogens (tertiary/aromatic N) is 3. The van der Waals surface area contributed by atoms with E-state index in [4.69, 9.17) is 5.26 Å². The second kappa shape index (κ2) is 4.46. The standard InChI is InChI=1S/C13H15N3O/c1-15-11-7-6-10(5-3-4-8-14)9-12(11)16(2)13(15)17/h6-7,9H,3-5H2,1-2H3. The summed E-state index contributed by atoms with van der Waals surface area (Å²) in [6, 6.07) is 8.17. The van der Waals surface area contributed by atoms with Crippen LogP contribution in [-0.2, 0) is 20.5 Å². The number of unbranched alkanes of at least 4 members (excludes halogenated alkanes) is 1. The number of aryl methyl sites for hydroxylation is 3. The highest BCUT2D eigenvalue weighted by molar-refractivity contribution is 5.76. The fraction of sp³-hybridized carbons (Fsp3) is 0.385. The van der Waals surface area contributed by atoms with Gasteiger partial charge in [-0.3, -0.25) is 9.13 Å². The van der Waals surface area contributed by atoms with Crippen molar-refractivity contribution in [2.45, 2.75) is 19.3 Å². The number of hydrogen-bond donors (Lipinski definition) is 0. The summed E-state index contributed by atoms with van der Waals surface area (Å²) in [5, 5.41) is 8.50. The third kappa shape index (κ3) is 1.96. The molecule has 1 heterocycles. The molecule has 0 amide bonds. The van der Waals surface area contributed by atoms with Crippen molar-refractivity contribution in [1.29, 1.82) is 5.26 Å². The lowest BCUT2D eigenvalue weighted by atomic mass is 10.1. The van der Waals surface area contributed by atoms with Gasteiger partial charge < -0.3 is 0 Å². The molecule has 0 aliphatic carbocycles. The molecule has 4 nitrogen and oxygen atoms in total. The van der Waals surface area contributed by atoms with Gasteiger partial charge in [-0.1, -0.05) is 6.07 Å². The topological polar surface area (TPSA) is 50.7 Å². The van der Waals surface area contributed by atoms with Gasteiger partial charge in [-0.05, 0) is 30.5 Å². The second-order valence-electron chi connectivity index (χ2n) is 4.24. The number of benzene rings is 1. The van der Waals surface area contributed by atoms with Crippen molar-refractivity contribution in [3.05, 3.63) is 34.2 Å². The number of nitriles is 1. The van der Waals surface area contributed by atoms with Gasteiger partial charge in [0.25, 0.3) is 0 Å². The van der Waals surface area contributed by atoms with Gasteiger partial charge in [-0.25, -0.2) is 4.79 Å². The van der Waals surface area contributed by atoms with Crippen molar-refractivity contribution in [3.63, 3.8) is 0 Å². The van der Waals surface area contributed by atoms with E-state index < -0.39 is 0 Å². The van der Waals surface area contributed by atoms with E-state index in [1.54, 1.807) is 23.2 Å². The lowest BCUT2D eigenvalue weighted by Crippen LogP contribution is -2.19. The predicted octanol–water partition coefficient (Wildman–Crippen LogP) is 1.72. The largest absolute Gasteiger partial charge is 0.328 e. The van der Waals surface area contributed by atoms with Gasteiger partial charge >= 0.3 is 5.69 Å². The summed E-state index contributed by atoms with van der Waals surface area (Å²) in [6.45, 7) is 0. The van der Waals surface area contributed by atoms with Crippen LogP contribution in [0.5, 0.6) is 0 Å². The first-order valence-corrected chi connectivity index (χ1v) is 5.66. The van der Waals surface area contributed by atoms with E-state index in [1.165, 1.54) is 5.56 Å². The van der Waals surface area contributed by atoms with Crippen molar-refractivity contribution in [1.82, 2.24) is 9.13 Å². The van der Waals surface area contributed by atoms with Gasteiger partial charge in [0.1, 0.15) is 0 Å². The Bertz CT molecular complexity index is 643. The van der Waals surface area contributed by atoms with E-state index in [0.717, 1.165) is 23.9 Å². The molecule has 0 radical (unpaired) electrons. The molecule has 0 N–H and O–H groups in total. The molecule has 17 heavy (non-hydrogen) atoms. The maximum absolute atomic E-state index is 11.7. The van der Waals surface area contributed by atoms with Crippen LogP contribution in [0.2, 0.25) is 0 Å². The van der Waals surface area contributed by atoms with Crippen LogP contribution in [0.4, 0.5) is 0 Å². The van der Waals surface area contributed by atoms with Crippen molar-refractivity contribution in [3.8, 4) is 6.07 Å². The summed E-state index contributed by atoms with van der Waals surface area (Å²) in [6.07, 6.45) is 2.32. The van der Waals surface area contributed by atoms with Crippen molar-refractivity contribution in [2.75, 3.05) is 0 Å². The van der Waals surface area contributed by atoms with Gasteiger partial charge in [-0.15, -0.1) is 0 Å². The third-order valence-corrected chi connectivity index (χ3v) is 3.09. The Morgan fingerprint density at radius 2 is 1.94 bits per heavy atom. The molecule has 0 aliphatic rings. The highest BCUT2D eigenvalue weighted by Gasteiger charge is 2.07. The summed E-state index contributed by atoms with van der Waals surface area (Å²) in [4.78, 5) is 11.7. The zero-order valence-corrected chi connectivity index (χ0v) is 10.1. The molecule has 0 aliphatic heterocycles. The molecular formula is C13H15N3O. The summed E-state index contributed by atoms with van der Waals surface area (Å²) < 4.78 is 3.30. The van der Waals surface area contributed by atoms with Gasteiger partial charge in [0.05, 0.1) is 17.1 Å². The Hall–Kier alpha value is -2.02. The molecule has 1 aromatic carbocycles. The molecule has 0 saturated heterocycles. The highest BCUT2D eigenvalue weighted by atomic mass is 16.1. The first kappa shape index (κ1) is 11.5. The summed E-state index contributed by atoms with van der Waals surface area (Å²) in [7, 11) is 3.56. The molecule has 0 unspecified atom stereocenters. The maximum atomic E-state index is 11.7. The van der Waals surface area contributed by atoms with Crippen molar-refractivity contribution in [2.24, 2.45) is 14.1 Å². The molecule has 0 atom stereocenters. The number of imidazole rings is 1. The number of fused-ring (bicyclic) bond motifs is 1. The normalized spacial score (nSPS) is 10.6. The van der Waals surface area contributed by atoms with Crippen LogP contribution < -0.4 is 5.69 Å². The Kier molecular flexibility index (Phi) is 3.01. The minimum Gasteiger partial charge on any atom is -0.295 e. The number of rotatable bonds is 3. The zero-order chi connectivity index (χ0) is 12.4. The van der Waals surface area contributed by atoms with Crippen LogP contribution in [-0.4, -0.2) is 9.13 Å². The molecule has 0 saturated carbocycles. The van der Waals surface area contributed by atoms with Gasteiger partial charge in [-0.2, -0.15) is 5.26 Å². The molecule has 2 rings (SSSR count). The summed E-state index contributed by atoms with van der Waals surface area (Å²) in [5.74, 6) is 0. The van der Waals surface area contributed by atoms with E-state index in [2.05, 4.69) is 6.07 Å². The Morgan fingerprint density at radius 3 is 2.65 bits per heavy atom. The first-order valence-electron chi connectivity index (χ1n) is 5.66. The van der Waals surface area contributed by atoms with Crippen LogP contribution in [0, 0.1) is 11.3 Å². The second-order valence-corrected chi connectivity index (χ2v) is 4.24. The Labute approximate surface area is 99.7 Å². The van der Waals surface area contributed by atoms with Crippen LogP contribution in [0.15, 0.2) is 23.0 Å². The number of aromatic nitrogens is 2. The maximum Gasteiger partial charge on any atom is 0.328 e. The van der Waals surface area contributed by atoms with Crippen LogP contribution in [0.1, 0.15) is 18.4 Å².